The molecule has 6 nitrogen and oxygen atoms in total. The van der Waals surface area contributed by atoms with Gasteiger partial charge in [0.2, 0.25) is 10.0 Å². The van der Waals surface area contributed by atoms with E-state index in [-0.39, 0.29) is 34.2 Å². The average Bonchev–Trinajstić information content (AvgIpc) is 2.51. The van der Waals surface area contributed by atoms with Crippen molar-refractivity contribution >= 4 is 20.1 Å². The van der Waals surface area contributed by atoms with Crippen LogP contribution in [-0.4, -0.2) is 38.8 Å². The molecule has 0 amide bonds. The fourth-order valence-corrected chi connectivity index (χ4v) is 6.84. The van der Waals surface area contributed by atoms with Crippen LogP contribution < -0.4 is 0 Å². The zero-order valence-corrected chi connectivity index (χ0v) is 16.8. The van der Waals surface area contributed by atoms with Gasteiger partial charge >= 0.3 is 0 Å². The highest BCUT2D eigenvalue weighted by molar-refractivity contribution is 7.89. The van der Waals surface area contributed by atoms with E-state index in [9.17, 15) is 25.8 Å². The van der Waals surface area contributed by atoms with Gasteiger partial charge in [0.25, 0.3) is 10.1 Å². The van der Waals surface area contributed by atoms with Crippen LogP contribution in [0.2, 0.25) is 0 Å². The molecule has 1 saturated carbocycles. The van der Waals surface area contributed by atoms with Crippen LogP contribution in [0.15, 0.2) is 52.3 Å². The summed E-state index contributed by atoms with van der Waals surface area (Å²) in [5.74, 6) is -0.831. The predicted octanol–water partition coefficient (Wildman–Crippen LogP) is 2.95. The minimum Gasteiger partial charge on any atom is -0.282 e. The topological polar surface area (TPSA) is 91.8 Å². The van der Waals surface area contributed by atoms with Gasteiger partial charge in [-0.3, -0.25) is 4.55 Å². The molecule has 2 aliphatic rings. The van der Waals surface area contributed by atoms with E-state index in [1.807, 2.05) is 6.92 Å². The lowest BCUT2D eigenvalue weighted by molar-refractivity contribution is -0.0263. The number of sulfonamides is 1. The van der Waals surface area contributed by atoms with E-state index >= 15 is 0 Å². The molecule has 1 spiro atoms. The molecule has 0 radical (unpaired) electrons. The molecular formula is C19H20FNO5S2. The Bertz CT molecular complexity index is 1150. The number of hydrogen-bond acceptors (Lipinski definition) is 4. The molecule has 2 fully saturated rings. The zero-order valence-electron chi connectivity index (χ0n) is 15.2. The summed E-state index contributed by atoms with van der Waals surface area (Å²) < 4.78 is 73.2. The fraction of sp³-hybridized carbons (Fsp3) is 0.368. The molecule has 0 atom stereocenters. The Morgan fingerprint density at radius 1 is 1.04 bits per heavy atom. The molecule has 1 N–H and O–H groups in total. The van der Waals surface area contributed by atoms with Crippen molar-refractivity contribution in [1.29, 1.82) is 0 Å². The summed E-state index contributed by atoms with van der Waals surface area (Å²) in [5.41, 5.74) is 1.24. The first-order valence-corrected chi connectivity index (χ1v) is 11.7. The summed E-state index contributed by atoms with van der Waals surface area (Å²) in [6, 6.07) is 10.1. The Morgan fingerprint density at radius 2 is 1.68 bits per heavy atom. The van der Waals surface area contributed by atoms with E-state index in [4.69, 9.17) is 0 Å². The third-order valence-corrected chi connectivity index (χ3v) is 8.47. The SMILES string of the molecule is Cc1ccc(S(=O)(=O)O)c(C2CC3(C2)CN(S(=O)(=O)c2ccccc2F)C3)c1. The van der Waals surface area contributed by atoms with Crippen molar-refractivity contribution in [2.75, 3.05) is 13.1 Å². The first-order valence-electron chi connectivity index (χ1n) is 8.85. The van der Waals surface area contributed by atoms with Crippen molar-refractivity contribution in [2.45, 2.75) is 35.5 Å². The third kappa shape index (κ3) is 3.16. The summed E-state index contributed by atoms with van der Waals surface area (Å²) in [4.78, 5) is -0.416. The molecule has 9 heteroatoms. The van der Waals surface area contributed by atoms with Gasteiger partial charge in [0.1, 0.15) is 10.7 Å². The fourth-order valence-electron chi connectivity index (χ4n) is 4.35. The van der Waals surface area contributed by atoms with Gasteiger partial charge in [-0.05, 0) is 54.9 Å². The molecule has 1 saturated heterocycles. The molecule has 2 aromatic carbocycles. The van der Waals surface area contributed by atoms with Gasteiger partial charge in [-0.2, -0.15) is 12.7 Å². The maximum atomic E-state index is 13.9. The first-order chi connectivity index (χ1) is 13.0. The predicted molar refractivity (Wildman–Crippen MR) is 101 cm³/mol. The van der Waals surface area contributed by atoms with Gasteiger partial charge in [0.15, 0.2) is 0 Å². The average molecular weight is 426 g/mol. The Kier molecular flexibility index (Phi) is 4.42. The summed E-state index contributed by atoms with van der Waals surface area (Å²) in [5, 5.41) is 0. The quantitative estimate of drug-likeness (QED) is 0.761. The zero-order chi connectivity index (χ0) is 20.3. The minimum absolute atomic E-state index is 0.0601. The first kappa shape index (κ1) is 19.5. The van der Waals surface area contributed by atoms with Gasteiger partial charge < -0.3 is 0 Å². The Morgan fingerprint density at radius 3 is 2.29 bits per heavy atom. The molecule has 0 unspecified atom stereocenters. The maximum Gasteiger partial charge on any atom is 0.294 e. The highest BCUT2D eigenvalue weighted by atomic mass is 32.2. The second-order valence-electron chi connectivity index (χ2n) is 7.83. The molecule has 28 heavy (non-hydrogen) atoms. The van der Waals surface area contributed by atoms with Crippen molar-refractivity contribution in [2.24, 2.45) is 5.41 Å². The molecule has 150 valence electrons. The van der Waals surface area contributed by atoms with Crippen LogP contribution in [0.25, 0.3) is 0 Å². The van der Waals surface area contributed by atoms with Crippen LogP contribution in [-0.2, 0) is 20.1 Å². The van der Waals surface area contributed by atoms with E-state index in [1.54, 1.807) is 12.1 Å². The summed E-state index contributed by atoms with van der Waals surface area (Å²) in [7, 11) is -8.20. The van der Waals surface area contributed by atoms with Crippen molar-refractivity contribution in [3.05, 3.63) is 59.4 Å². The lowest BCUT2D eigenvalue weighted by atomic mass is 9.57. The number of hydrogen-bond donors (Lipinski definition) is 1. The van der Waals surface area contributed by atoms with E-state index in [1.165, 1.54) is 28.6 Å². The molecule has 1 heterocycles. The largest absolute Gasteiger partial charge is 0.294 e. The van der Waals surface area contributed by atoms with Crippen LogP contribution in [0, 0.1) is 18.2 Å². The van der Waals surface area contributed by atoms with Crippen LogP contribution in [0.4, 0.5) is 4.39 Å². The van der Waals surface area contributed by atoms with Gasteiger partial charge in [0.05, 0.1) is 4.90 Å². The molecule has 1 aliphatic carbocycles. The number of benzene rings is 2. The van der Waals surface area contributed by atoms with Crippen LogP contribution in [0.5, 0.6) is 0 Å². The van der Waals surface area contributed by atoms with Gasteiger partial charge in [-0.25, -0.2) is 12.8 Å². The van der Waals surface area contributed by atoms with Crippen LogP contribution >= 0.6 is 0 Å². The van der Waals surface area contributed by atoms with Crippen molar-refractivity contribution < 1.29 is 25.8 Å². The number of rotatable bonds is 4. The van der Waals surface area contributed by atoms with Crippen LogP contribution in [0.1, 0.15) is 29.9 Å². The van der Waals surface area contributed by atoms with E-state index in [0.717, 1.165) is 11.6 Å². The minimum atomic E-state index is -4.32. The van der Waals surface area contributed by atoms with E-state index in [2.05, 4.69) is 0 Å². The molecule has 0 bridgehead atoms. The monoisotopic (exact) mass is 425 g/mol. The number of halogens is 1. The Balaban J connectivity index is 1.50. The Hall–Kier alpha value is -1.81. The molecule has 0 aromatic heterocycles. The lowest BCUT2D eigenvalue weighted by Crippen LogP contribution is -2.63. The maximum absolute atomic E-state index is 13.9. The van der Waals surface area contributed by atoms with Crippen molar-refractivity contribution in [3.8, 4) is 0 Å². The van der Waals surface area contributed by atoms with Gasteiger partial charge in [-0.1, -0.05) is 29.8 Å². The van der Waals surface area contributed by atoms with E-state index in [0.29, 0.717) is 18.4 Å². The Labute approximate surface area is 163 Å². The van der Waals surface area contributed by atoms with Crippen molar-refractivity contribution in [3.63, 3.8) is 0 Å². The highest BCUT2D eigenvalue weighted by Gasteiger charge is 2.56. The van der Waals surface area contributed by atoms with E-state index < -0.39 is 26.0 Å². The molecule has 2 aromatic rings. The van der Waals surface area contributed by atoms with Gasteiger partial charge in [0, 0.05) is 13.1 Å². The van der Waals surface area contributed by atoms with Gasteiger partial charge in [-0.15, -0.1) is 0 Å². The highest BCUT2D eigenvalue weighted by Crippen LogP contribution is 2.57. The molecule has 1 aliphatic heterocycles. The number of nitrogens with zero attached hydrogens (tertiary/aromatic N) is 1. The molecule has 4 rings (SSSR count). The smallest absolute Gasteiger partial charge is 0.282 e. The summed E-state index contributed by atoms with van der Waals surface area (Å²) >= 11 is 0. The lowest BCUT2D eigenvalue weighted by Gasteiger charge is -2.58. The molecular weight excluding hydrogens is 405 g/mol. The standard InChI is InChI=1S/C19H20FNO5S2/c1-13-6-7-17(28(24,25)26)15(8-13)14-9-19(10-14)11-21(12-19)27(22,23)18-5-3-2-4-16(18)20/h2-8,14H,9-12H2,1H3,(H,24,25,26). The normalized spacial score (nSPS) is 20.0. The summed E-state index contributed by atoms with van der Waals surface area (Å²) in [6.07, 6.45) is 1.25. The van der Waals surface area contributed by atoms with Crippen molar-refractivity contribution in [1.82, 2.24) is 4.31 Å². The number of aryl methyl sites for hydroxylation is 1. The second kappa shape index (κ2) is 6.35. The van der Waals surface area contributed by atoms with Crippen LogP contribution in [0.3, 0.4) is 0 Å². The second-order valence-corrected chi connectivity index (χ2v) is 11.1. The summed E-state index contributed by atoms with van der Waals surface area (Å²) in [6.45, 7) is 2.41. The third-order valence-electron chi connectivity index (χ3n) is 5.72.